The van der Waals surface area contributed by atoms with Gasteiger partial charge in [-0.15, -0.1) is 0 Å². The van der Waals surface area contributed by atoms with Gasteiger partial charge in [0.1, 0.15) is 0 Å². The molecular formula is C15H14NO. The van der Waals surface area contributed by atoms with Crippen molar-refractivity contribution < 1.29 is 4.79 Å². The molecule has 1 radical (unpaired) electrons. The first-order chi connectivity index (χ1) is 8.34. The maximum Gasteiger partial charge on any atom is 0.224 e. The van der Waals surface area contributed by atoms with Crippen LogP contribution in [0.3, 0.4) is 0 Å². The summed E-state index contributed by atoms with van der Waals surface area (Å²) in [5.74, 6) is 0.0000491. The van der Waals surface area contributed by atoms with Gasteiger partial charge in [-0.25, -0.2) is 0 Å². The smallest absolute Gasteiger partial charge is 0.224 e. The third-order valence-corrected chi connectivity index (χ3v) is 2.41. The maximum atomic E-state index is 11.6. The van der Waals surface area contributed by atoms with Gasteiger partial charge in [-0.3, -0.25) is 4.79 Å². The minimum atomic E-state index is 0.0000491. The summed E-state index contributed by atoms with van der Waals surface area (Å²) in [4.78, 5) is 11.6. The summed E-state index contributed by atoms with van der Waals surface area (Å²) in [7, 11) is 0. The fraction of sp³-hybridized carbons (Fsp3) is 0.0667. The molecule has 0 aliphatic carbocycles. The fourth-order valence-corrected chi connectivity index (χ4v) is 1.55. The van der Waals surface area contributed by atoms with E-state index in [9.17, 15) is 4.79 Å². The van der Waals surface area contributed by atoms with Crippen LogP contribution < -0.4 is 5.32 Å². The van der Waals surface area contributed by atoms with Crippen LogP contribution >= 0.6 is 0 Å². The Morgan fingerprint density at radius 2 is 1.53 bits per heavy atom. The van der Waals surface area contributed by atoms with Crippen molar-refractivity contribution in [1.82, 2.24) is 5.32 Å². The molecule has 2 aromatic carbocycles. The third kappa shape index (κ3) is 3.76. The highest BCUT2D eigenvalue weighted by Crippen LogP contribution is 2.02. The summed E-state index contributed by atoms with van der Waals surface area (Å²) >= 11 is 0. The van der Waals surface area contributed by atoms with E-state index < -0.39 is 0 Å². The zero-order chi connectivity index (χ0) is 11.9. The average Bonchev–Trinajstić information content (AvgIpc) is 2.39. The lowest BCUT2D eigenvalue weighted by Gasteiger charge is -2.04. The first kappa shape index (κ1) is 11.4. The van der Waals surface area contributed by atoms with Crippen molar-refractivity contribution in [2.45, 2.75) is 6.42 Å². The van der Waals surface area contributed by atoms with E-state index in [1.165, 1.54) is 0 Å². The molecule has 2 heteroatoms. The highest BCUT2D eigenvalue weighted by Gasteiger charge is 2.02. The molecule has 0 aliphatic rings. The Morgan fingerprint density at radius 3 is 2.18 bits per heavy atom. The Balaban J connectivity index is 1.83. The average molecular weight is 224 g/mol. The third-order valence-electron chi connectivity index (χ3n) is 2.41. The lowest BCUT2D eigenvalue weighted by molar-refractivity contribution is -0.119. The molecule has 0 spiro atoms. The molecule has 85 valence electrons. The second-order valence-corrected chi connectivity index (χ2v) is 3.78. The van der Waals surface area contributed by atoms with E-state index >= 15 is 0 Å². The summed E-state index contributed by atoms with van der Waals surface area (Å²) in [5, 5.41) is 2.78. The summed E-state index contributed by atoms with van der Waals surface area (Å²) in [6.07, 6.45) is 0.407. The number of carbonyl (C=O) groups is 1. The lowest BCUT2D eigenvalue weighted by Crippen LogP contribution is -2.22. The summed E-state index contributed by atoms with van der Waals surface area (Å²) in [6, 6.07) is 19.4. The monoisotopic (exact) mass is 224 g/mol. The number of amides is 1. The molecule has 0 atom stereocenters. The van der Waals surface area contributed by atoms with Gasteiger partial charge in [0.15, 0.2) is 0 Å². The van der Waals surface area contributed by atoms with E-state index in [1.54, 1.807) is 6.54 Å². The van der Waals surface area contributed by atoms with Crippen LogP contribution in [0.2, 0.25) is 0 Å². The van der Waals surface area contributed by atoms with Gasteiger partial charge in [0.25, 0.3) is 0 Å². The maximum absolute atomic E-state index is 11.6. The summed E-state index contributed by atoms with van der Waals surface area (Å²) in [6.45, 7) is 1.73. The van der Waals surface area contributed by atoms with Crippen molar-refractivity contribution >= 4 is 5.91 Å². The number of benzene rings is 2. The molecule has 1 N–H and O–H groups in total. The van der Waals surface area contributed by atoms with E-state index in [2.05, 4.69) is 5.32 Å². The first-order valence-electron chi connectivity index (χ1n) is 5.56. The molecule has 2 rings (SSSR count). The van der Waals surface area contributed by atoms with E-state index in [4.69, 9.17) is 0 Å². The SMILES string of the molecule is O=C(Cc1ccccc1)N[CH]c1ccccc1. The normalized spacial score (nSPS) is 9.88. The molecule has 17 heavy (non-hydrogen) atoms. The van der Waals surface area contributed by atoms with Crippen molar-refractivity contribution in [2.24, 2.45) is 0 Å². The highest BCUT2D eigenvalue weighted by atomic mass is 16.1. The Labute approximate surface area is 101 Å². The van der Waals surface area contributed by atoms with Crippen LogP contribution in [0.5, 0.6) is 0 Å². The second-order valence-electron chi connectivity index (χ2n) is 3.78. The van der Waals surface area contributed by atoms with Gasteiger partial charge in [-0.05, 0) is 11.1 Å². The van der Waals surface area contributed by atoms with E-state index in [0.717, 1.165) is 11.1 Å². The predicted octanol–water partition coefficient (Wildman–Crippen LogP) is 2.56. The molecule has 0 saturated carbocycles. The van der Waals surface area contributed by atoms with Crippen molar-refractivity contribution in [3.8, 4) is 0 Å². The fourth-order valence-electron chi connectivity index (χ4n) is 1.55. The molecule has 2 nitrogen and oxygen atoms in total. The van der Waals surface area contributed by atoms with Crippen molar-refractivity contribution in [1.29, 1.82) is 0 Å². The predicted molar refractivity (Wildman–Crippen MR) is 68.1 cm³/mol. The number of hydrogen-bond acceptors (Lipinski definition) is 1. The molecule has 0 heterocycles. The van der Waals surface area contributed by atoms with Crippen molar-refractivity contribution in [3.05, 3.63) is 78.3 Å². The summed E-state index contributed by atoms with van der Waals surface area (Å²) in [5.41, 5.74) is 2.01. The lowest BCUT2D eigenvalue weighted by atomic mass is 10.1. The van der Waals surface area contributed by atoms with Gasteiger partial charge in [0.2, 0.25) is 5.91 Å². The van der Waals surface area contributed by atoms with Gasteiger partial charge in [-0.1, -0.05) is 60.7 Å². The number of nitrogens with one attached hydrogen (secondary N) is 1. The number of carbonyl (C=O) groups excluding carboxylic acids is 1. The van der Waals surface area contributed by atoms with Crippen LogP contribution in [0.4, 0.5) is 0 Å². The van der Waals surface area contributed by atoms with Crippen molar-refractivity contribution in [3.63, 3.8) is 0 Å². The van der Waals surface area contributed by atoms with Gasteiger partial charge in [0, 0.05) is 0 Å². The quantitative estimate of drug-likeness (QED) is 0.849. The largest absolute Gasteiger partial charge is 0.347 e. The Kier molecular flexibility index (Phi) is 3.92. The van der Waals surface area contributed by atoms with Gasteiger partial charge >= 0.3 is 0 Å². The standard InChI is InChI=1S/C15H14NO/c17-15(11-13-7-3-1-4-8-13)16-12-14-9-5-2-6-10-14/h1-10,12H,11H2,(H,16,17). The molecule has 0 unspecified atom stereocenters. The van der Waals surface area contributed by atoms with Crippen molar-refractivity contribution in [2.75, 3.05) is 0 Å². The van der Waals surface area contributed by atoms with Gasteiger partial charge in [0.05, 0.1) is 13.0 Å². The summed E-state index contributed by atoms with van der Waals surface area (Å²) < 4.78 is 0. The van der Waals surface area contributed by atoms with Crippen LogP contribution in [0, 0.1) is 6.54 Å². The van der Waals surface area contributed by atoms with Crippen LogP contribution in [0.15, 0.2) is 60.7 Å². The molecule has 0 aliphatic heterocycles. The molecule has 0 saturated heterocycles. The van der Waals surface area contributed by atoms with Crippen LogP contribution in [0.25, 0.3) is 0 Å². The zero-order valence-electron chi connectivity index (χ0n) is 9.47. The topological polar surface area (TPSA) is 29.1 Å². The van der Waals surface area contributed by atoms with E-state index in [-0.39, 0.29) is 5.91 Å². The van der Waals surface area contributed by atoms with E-state index in [1.807, 2.05) is 60.7 Å². The van der Waals surface area contributed by atoms with E-state index in [0.29, 0.717) is 6.42 Å². The molecule has 0 aromatic heterocycles. The Morgan fingerprint density at radius 1 is 0.941 bits per heavy atom. The minimum Gasteiger partial charge on any atom is -0.347 e. The van der Waals surface area contributed by atoms with Crippen LogP contribution in [0.1, 0.15) is 11.1 Å². The molecule has 0 bridgehead atoms. The van der Waals surface area contributed by atoms with Crippen LogP contribution in [-0.4, -0.2) is 5.91 Å². The van der Waals surface area contributed by atoms with Gasteiger partial charge in [-0.2, -0.15) is 0 Å². The zero-order valence-corrected chi connectivity index (χ0v) is 9.47. The van der Waals surface area contributed by atoms with Crippen LogP contribution in [-0.2, 0) is 11.2 Å². The first-order valence-corrected chi connectivity index (χ1v) is 5.56. The molecular weight excluding hydrogens is 210 g/mol. The highest BCUT2D eigenvalue weighted by molar-refractivity contribution is 5.79. The Bertz CT molecular complexity index is 465. The number of hydrogen-bond donors (Lipinski definition) is 1. The number of rotatable bonds is 4. The minimum absolute atomic E-state index is 0.0000491. The molecule has 1 amide bonds. The second kappa shape index (κ2) is 5.85. The molecule has 0 fully saturated rings. The Hall–Kier alpha value is -2.09. The molecule has 2 aromatic rings. The van der Waals surface area contributed by atoms with Gasteiger partial charge < -0.3 is 5.32 Å².